The highest BCUT2D eigenvalue weighted by Crippen LogP contribution is 2.39. The zero-order chi connectivity index (χ0) is 82.3. The number of hydrogen-bond acceptors (Lipinski definition) is 23. The van der Waals surface area contributed by atoms with Crippen molar-refractivity contribution in [3.8, 4) is 18.2 Å². The van der Waals surface area contributed by atoms with Crippen molar-refractivity contribution in [3.63, 3.8) is 0 Å². The number of carbonyl (C=O) groups is 1. The molecule has 12 fully saturated rings. The smallest absolute Gasteiger partial charge is 0.410 e. The SMILES string of the molecule is CC(C)(C)OC(=O)N1C2CNCC1C2.Cc1cc(Br)cnc1F.[2H]c1ccc2c(N3C[C@@H]4CN(c5ncc(Br)cc5C)CCN4[C@@H](C)C3)ccc(C#N)c2n1.[2H]c1ccc2c(N3C[C@@H]4CN(c5ncc(N6CC7CC(C6)N7)cc5C)CCN4[C@@H](C)C3)ccc(C#N)c2n1.[2H]c1ccc2c(N3C[C@@H]4CNCCN4[C@@H](C)C3)ccc(C#N)c2n1. The summed E-state index contributed by atoms with van der Waals surface area (Å²) in [6.45, 7) is 37.3. The zero-order valence-corrected chi connectivity index (χ0v) is 69.6. The van der Waals surface area contributed by atoms with Crippen LogP contribution in [0.2, 0.25) is 0 Å². The maximum Gasteiger partial charge on any atom is 0.410 e. The molecular weight excluding hydrogens is 1560 g/mol. The third-order valence-electron chi connectivity index (χ3n) is 24.0. The molecule has 27 heteroatoms. The number of amides is 1. The van der Waals surface area contributed by atoms with Gasteiger partial charge in [0.1, 0.15) is 35.4 Å². The topological polar surface area (TPSA) is 244 Å². The minimum atomic E-state index is -0.404. The predicted octanol–water partition coefficient (Wildman–Crippen LogP) is 11.6. The first-order valence-corrected chi connectivity index (χ1v) is 41.6. The molecule has 114 heavy (non-hydrogen) atoms. The lowest BCUT2D eigenvalue weighted by atomic mass is 9.89. The van der Waals surface area contributed by atoms with Crippen molar-refractivity contribution in [1.29, 1.82) is 15.8 Å². The molecular formula is C87H103Br2FN22O2. The summed E-state index contributed by atoms with van der Waals surface area (Å²) in [5.74, 6) is 1.77. The Kier molecular flexibility index (Phi) is 23.0. The molecule has 12 aliphatic heterocycles. The van der Waals surface area contributed by atoms with E-state index in [0.29, 0.717) is 99.2 Å². The molecule has 0 aliphatic carbocycles. The summed E-state index contributed by atoms with van der Waals surface area (Å²) in [7, 11) is 0. The Bertz CT molecular complexity index is 5290. The fourth-order valence-corrected chi connectivity index (χ4v) is 19.6. The molecule has 0 saturated carbocycles. The first-order chi connectivity index (χ1) is 56.2. The van der Waals surface area contributed by atoms with Crippen LogP contribution in [0.25, 0.3) is 32.7 Å². The monoisotopic (exact) mass is 1670 g/mol. The molecule has 21 rings (SSSR count). The van der Waals surface area contributed by atoms with Crippen molar-refractivity contribution in [2.24, 2.45) is 0 Å². The van der Waals surface area contributed by atoms with Gasteiger partial charge in [-0.1, -0.05) is 0 Å². The van der Waals surface area contributed by atoms with Gasteiger partial charge in [-0.25, -0.2) is 19.7 Å². The number of piperidine rings is 2. The summed E-state index contributed by atoms with van der Waals surface area (Å²) in [6, 6.07) is 40.0. The van der Waals surface area contributed by atoms with E-state index in [0.717, 1.165) is 185 Å². The molecule has 18 heterocycles. The summed E-state index contributed by atoms with van der Waals surface area (Å²) in [5.41, 5.74) is 10.6. The molecule has 0 spiro atoms. The van der Waals surface area contributed by atoms with Crippen LogP contribution >= 0.6 is 31.9 Å². The van der Waals surface area contributed by atoms with E-state index in [2.05, 4.69) is 189 Å². The number of nitrogens with one attached hydrogen (secondary N) is 3. The van der Waals surface area contributed by atoms with Crippen molar-refractivity contribution in [1.82, 2.24) is 65.5 Å². The standard InChI is InChI=1S/C29H34N8.C24H25BrN6.C18H21N5.C10H18N2O2.C6H5BrFN/c1-19-10-24(35-15-22-11-23(16-35)33-22)13-32-29(19)34-8-9-37-20(2)14-36(18-25(37)17-34)27-6-5-21(12-30)28-26(27)4-3-7-31-28;1-16-10-19(25)12-28-24(16)29-8-9-31-17(2)13-30(15-20(31)14-29)22-6-5-18(11-26)23-21(22)4-3-7-27-23;1-13-11-22(12-15-10-20-7-8-23(13)15)17-5-4-14(9-19)18-16(17)3-2-6-21-18;1-10(2,3)14-9(13)12-7-4-8(12)6-11-5-7;1-4-2-5(7)3-9-6(4)8/h3-7,10,13,20,22-23,25,33H,8-9,11,14-18H2,1-2H3;3-7,10,12,17,20H,8-9,13-15H2,1-2H3;2-6,13,15,20H,7-8,10-12H2,1H3;7-8,11H,4-6H2,1-3H3;2-3H,1H3/t20-,22?,23?,25-;17-,20-;13-,15-;;/m000../s1/i2*7D;6D;;. The van der Waals surface area contributed by atoms with E-state index in [-0.39, 0.29) is 30.2 Å². The highest BCUT2D eigenvalue weighted by atomic mass is 79.9. The number of aromatic nitrogens is 6. The van der Waals surface area contributed by atoms with E-state index in [4.69, 9.17) is 18.8 Å². The molecule has 9 aromatic rings. The summed E-state index contributed by atoms with van der Waals surface area (Å²) in [4.78, 5) is 62.3. The Morgan fingerprint density at radius 2 is 0.921 bits per heavy atom. The van der Waals surface area contributed by atoms with Crippen LogP contribution in [0.4, 0.5) is 43.6 Å². The van der Waals surface area contributed by atoms with Crippen molar-refractivity contribution in [3.05, 3.63) is 176 Å². The zero-order valence-electron chi connectivity index (χ0n) is 69.5. The maximum absolute atomic E-state index is 12.4. The summed E-state index contributed by atoms with van der Waals surface area (Å²) in [5, 5.41) is 41.7. The van der Waals surface area contributed by atoms with Crippen LogP contribution in [0.1, 0.15) is 91.9 Å². The molecule has 1 amide bonds. The van der Waals surface area contributed by atoms with Crippen molar-refractivity contribution in [2.75, 3.05) is 154 Å². The van der Waals surface area contributed by atoms with Crippen molar-refractivity contribution in [2.45, 2.75) is 141 Å². The van der Waals surface area contributed by atoms with Crippen LogP contribution in [0.3, 0.4) is 0 Å². The molecule has 4 unspecified atom stereocenters. The second-order valence-corrected chi connectivity index (χ2v) is 34.8. The average molecular weight is 1670 g/mol. The highest BCUT2D eigenvalue weighted by Gasteiger charge is 2.47. The van der Waals surface area contributed by atoms with Gasteiger partial charge >= 0.3 is 6.09 Å². The Morgan fingerprint density at radius 3 is 1.35 bits per heavy atom. The number of rotatable bonds is 6. The average Bonchev–Trinajstić information content (AvgIpc) is 0.778. The molecule has 594 valence electrons. The van der Waals surface area contributed by atoms with Crippen molar-refractivity contribution >= 4 is 105 Å². The first-order valence-electron chi connectivity index (χ1n) is 41.5. The fourth-order valence-electron chi connectivity index (χ4n) is 18.7. The molecule has 4 bridgehead atoms. The quantitative estimate of drug-likeness (QED) is 0.131. The Morgan fingerprint density at radius 1 is 0.500 bits per heavy atom. The van der Waals surface area contributed by atoms with E-state index in [9.17, 15) is 25.0 Å². The molecule has 3 N–H and O–H groups in total. The lowest BCUT2D eigenvalue weighted by Crippen LogP contribution is -2.69. The van der Waals surface area contributed by atoms with E-state index < -0.39 is 5.95 Å². The van der Waals surface area contributed by atoms with Crippen LogP contribution in [-0.4, -0.2) is 246 Å². The minimum absolute atomic E-state index is 0.153. The second-order valence-electron chi connectivity index (χ2n) is 33.0. The lowest BCUT2D eigenvalue weighted by Gasteiger charge is -2.52. The third kappa shape index (κ3) is 17.2. The molecule has 0 radical (unpaired) electrons. The predicted molar refractivity (Wildman–Crippen MR) is 456 cm³/mol. The van der Waals surface area contributed by atoms with Gasteiger partial charge in [0.2, 0.25) is 5.95 Å². The lowest BCUT2D eigenvalue weighted by molar-refractivity contribution is -0.0439. The van der Waals surface area contributed by atoms with Gasteiger partial charge in [0, 0.05) is 263 Å². The molecule has 6 aromatic heterocycles. The van der Waals surface area contributed by atoms with E-state index in [1.165, 1.54) is 29.4 Å². The van der Waals surface area contributed by atoms with Crippen LogP contribution in [0, 0.1) is 60.7 Å². The second kappa shape index (κ2) is 34.5. The van der Waals surface area contributed by atoms with Crippen LogP contribution in [-0.2, 0) is 4.74 Å². The van der Waals surface area contributed by atoms with E-state index >= 15 is 0 Å². The largest absolute Gasteiger partial charge is 0.444 e. The minimum Gasteiger partial charge on any atom is -0.444 e. The number of ether oxygens (including phenoxy) is 1. The number of hydrogen-bond donors (Lipinski definition) is 3. The molecule has 12 saturated heterocycles. The van der Waals surface area contributed by atoms with E-state index in [1.54, 1.807) is 31.2 Å². The third-order valence-corrected chi connectivity index (χ3v) is 24.8. The van der Waals surface area contributed by atoms with Gasteiger partial charge < -0.3 is 50.1 Å². The van der Waals surface area contributed by atoms with Gasteiger partial charge in [-0.3, -0.25) is 34.6 Å². The van der Waals surface area contributed by atoms with Gasteiger partial charge in [-0.2, -0.15) is 20.2 Å². The molecule has 24 nitrogen and oxygen atoms in total. The first kappa shape index (κ1) is 75.9. The summed E-state index contributed by atoms with van der Waals surface area (Å²) in [6.07, 6.45) is 8.24. The number of aryl methyl sites for hydroxylation is 3. The number of benzene rings is 3. The Balaban J connectivity index is 0.000000123. The number of fused-ring (bicyclic) bond motifs is 10. The van der Waals surface area contributed by atoms with Gasteiger partial charge in [0.15, 0.2) is 0 Å². The number of halogens is 3. The van der Waals surface area contributed by atoms with Crippen LogP contribution in [0.15, 0.2) is 137 Å². The number of anilines is 6. The van der Waals surface area contributed by atoms with Crippen LogP contribution in [0.5, 0.6) is 0 Å². The summed E-state index contributed by atoms with van der Waals surface area (Å²) >= 11 is 6.69. The highest BCUT2D eigenvalue weighted by molar-refractivity contribution is 9.10. The number of carbonyl (C=O) groups excluding carboxylic acids is 1. The number of nitrogens with zero attached hydrogens (tertiary/aromatic N) is 19. The Labute approximate surface area is 689 Å². The number of nitriles is 3. The normalized spacial score (nSPS) is 24.9. The Hall–Kier alpha value is -9.47. The van der Waals surface area contributed by atoms with Crippen molar-refractivity contribution < 1.29 is 18.0 Å². The van der Waals surface area contributed by atoms with Gasteiger partial charge in [0.25, 0.3) is 0 Å². The van der Waals surface area contributed by atoms with Gasteiger partial charge in [-0.15, -0.1) is 0 Å². The fraction of sp³-hybridized carbons (Fsp3) is 0.471. The molecule has 3 aromatic carbocycles. The van der Waals surface area contributed by atoms with Crippen LogP contribution < -0.4 is 45.3 Å². The van der Waals surface area contributed by atoms with E-state index in [1.807, 2.05) is 80.4 Å². The summed E-state index contributed by atoms with van der Waals surface area (Å²) < 4.78 is 43.1. The number of piperazine rings is 8. The molecule has 10 atom stereocenters. The number of pyridine rings is 6. The van der Waals surface area contributed by atoms with Gasteiger partial charge in [-0.05, 0) is 209 Å². The maximum atomic E-state index is 12.4. The molecule has 12 aliphatic rings. The van der Waals surface area contributed by atoms with Gasteiger partial charge in [0.05, 0.1) is 49.2 Å².